The van der Waals surface area contributed by atoms with Crippen LogP contribution in [0.25, 0.3) is 0 Å². The van der Waals surface area contributed by atoms with Gasteiger partial charge in [-0.3, -0.25) is 4.79 Å². The minimum atomic E-state index is -0.769. The lowest BCUT2D eigenvalue weighted by Crippen LogP contribution is -2.38. The van der Waals surface area contributed by atoms with Crippen LogP contribution in [0.4, 0.5) is 0 Å². The van der Waals surface area contributed by atoms with E-state index in [1.54, 1.807) is 0 Å². The zero-order valence-corrected chi connectivity index (χ0v) is 7.75. The van der Waals surface area contributed by atoms with Crippen LogP contribution in [0.2, 0.25) is 0 Å². The predicted octanol–water partition coefficient (Wildman–Crippen LogP) is 1.63. The summed E-state index contributed by atoms with van der Waals surface area (Å²) >= 11 is 0. The van der Waals surface area contributed by atoms with Crippen LogP contribution in [0.3, 0.4) is 0 Å². The molecule has 0 radical (unpaired) electrons. The Hall–Kier alpha value is -1.04. The van der Waals surface area contributed by atoms with E-state index >= 15 is 0 Å². The Kier molecular flexibility index (Phi) is 1.80. The summed E-state index contributed by atoms with van der Waals surface area (Å²) in [6, 6.07) is 2.20. The average Bonchev–Trinajstić information content (AvgIpc) is 2.62. The molecule has 0 amide bonds. The lowest BCUT2D eigenvalue weighted by atomic mass is 9.85. The summed E-state index contributed by atoms with van der Waals surface area (Å²) < 4.78 is 5.18. The second kappa shape index (κ2) is 2.73. The molecule has 0 aromatic heterocycles. The zero-order chi connectivity index (χ0) is 9.47. The van der Waals surface area contributed by atoms with Crippen molar-refractivity contribution in [3.8, 4) is 6.07 Å². The highest BCUT2D eigenvalue weighted by Gasteiger charge is 2.54. The van der Waals surface area contributed by atoms with E-state index in [2.05, 4.69) is 6.07 Å². The average molecular weight is 179 g/mol. The maximum absolute atomic E-state index is 10.9. The second-order valence-electron chi connectivity index (χ2n) is 4.18. The number of nitriles is 1. The summed E-state index contributed by atoms with van der Waals surface area (Å²) in [4.78, 5) is 10.9. The van der Waals surface area contributed by atoms with Crippen LogP contribution in [0.1, 0.15) is 32.6 Å². The molecule has 0 saturated heterocycles. The van der Waals surface area contributed by atoms with E-state index in [-0.39, 0.29) is 5.97 Å². The fraction of sp³-hybridized carbons (Fsp3) is 0.800. The minimum absolute atomic E-state index is 0.298. The number of hydrogen-bond acceptors (Lipinski definition) is 3. The normalized spacial score (nSPS) is 41.5. The van der Waals surface area contributed by atoms with E-state index in [0.29, 0.717) is 11.8 Å². The maximum atomic E-state index is 10.9. The molecule has 2 bridgehead atoms. The van der Waals surface area contributed by atoms with Crippen LogP contribution in [-0.4, -0.2) is 11.6 Å². The minimum Gasteiger partial charge on any atom is -0.443 e. The standard InChI is InChI=1S/C10H13NO2/c1-7(12)13-10(6-11)5-8-2-3-9(10)4-8/h8-9H,2-5H2,1H3/t8?,9?,10-/m0/s1. The third-order valence-corrected chi connectivity index (χ3v) is 3.31. The van der Waals surface area contributed by atoms with E-state index in [0.717, 1.165) is 19.3 Å². The van der Waals surface area contributed by atoms with Crippen LogP contribution in [0.15, 0.2) is 0 Å². The molecule has 2 rings (SSSR count). The first kappa shape index (κ1) is 8.55. The molecule has 70 valence electrons. The molecule has 0 spiro atoms. The van der Waals surface area contributed by atoms with Crippen molar-refractivity contribution in [3.05, 3.63) is 0 Å². The molecule has 0 aromatic carbocycles. The van der Waals surface area contributed by atoms with Crippen molar-refractivity contribution in [2.45, 2.75) is 38.2 Å². The number of fused-ring (bicyclic) bond motifs is 2. The SMILES string of the molecule is CC(=O)O[C@]1(C#N)CC2CCC1C2. The summed E-state index contributed by atoms with van der Waals surface area (Å²) in [7, 11) is 0. The lowest BCUT2D eigenvalue weighted by Gasteiger charge is -2.29. The van der Waals surface area contributed by atoms with Gasteiger partial charge in [-0.05, 0) is 25.2 Å². The van der Waals surface area contributed by atoms with E-state index in [9.17, 15) is 4.79 Å². The third-order valence-electron chi connectivity index (χ3n) is 3.31. The summed E-state index contributed by atoms with van der Waals surface area (Å²) in [6.45, 7) is 1.38. The Morgan fingerprint density at radius 2 is 2.38 bits per heavy atom. The van der Waals surface area contributed by atoms with Crippen molar-refractivity contribution in [3.63, 3.8) is 0 Å². The second-order valence-corrected chi connectivity index (χ2v) is 4.18. The Morgan fingerprint density at radius 3 is 2.77 bits per heavy atom. The number of esters is 1. The number of nitrogens with zero attached hydrogens (tertiary/aromatic N) is 1. The van der Waals surface area contributed by atoms with Gasteiger partial charge in [-0.15, -0.1) is 0 Å². The van der Waals surface area contributed by atoms with Gasteiger partial charge >= 0.3 is 5.97 Å². The first-order chi connectivity index (χ1) is 6.16. The van der Waals surface area contributed by atoms with Crippen molar-refractivity contribution in [2.75, 3.05) is 0 Å². The molecular weight excluding hydrogens is 166 g/mol. The van der Waals surface area contributed by atoms with Gasteiger partial charge in [0.05, 0.1) is 0 Å². The first-order valence-corrected chi connectivity index (χ1v) is 4.77. The largest absolute Gasteiger partial charge is 0.443 e. The zero-order valence-electron chi connectivity index (χ0n) is 7.75. The molecule has 2 aliphatic carbocycles. The highest BCUT2D eigenvalue weighted by Crippen LogP contribution is 2.52. The topological polar surface area (TPSA) is 50.1 Å². The molecule has 3 heteroatoms. The molecule has 0 aromatic rings. The van der Waals surface area contributed by atoms with Crippen LogP contribution >= 0.6 is 0 Å². The molecule has 2 fully saturated rings. The maximum Gasteiger partial charge on any atom is 0.304 e. The van der Waals surface area contributed by atoms with E-state index in [1.165, 1.54) is 13.3 Å². The Labute approximate surface area is 77.7 Å². The molecule has 0 heterocycles. The predicted molar refractivity (Wildman–Crippen MR) is 45.6 cm³/mol. The molecule has 2 saturated carbocycles. The summed E-state index contributed by atoms with van der Waals surface area (Å²) in [6.07, 6.45) is 4.08. The van der Waals surface area contributed by atoms with Crippen LogP contribution in [-0.2, 0) is 9.53 Å². The van der Waals surface area contributed by atoms with Crippen molar-refractivity contribution in [1.29, 1.82) is 5.26 Å². The Morgan fingerprint density at radius 1 is 1.62 bits per heavy atom. The van der Waals surface area contributed by atoms with E-state index in [1.807, 2.05) is 0 Å². The van der Waals surface area contributed by atoms with Gasteiger partial charge in [-0.1, -0.05) is 0 Å². The molecule has 3 atom stereocenters. The van der Waals surface area contributed by atoms with Gasteiger partial charge in [-0.2, -0.15) is 5.26 Å². The highest BCUT2D eigenvalue weighted by atomic mass is 16.6. The fourth-order valence-electron chi connectivity index (χ4n) is 2.82. The summed E-state index contributed by atoms with van der Waals surface area (Å²) in [5.41, 5.74) is -0.769. The van der Waals surface area contributed by atoms with E-state index in [4.69, 9.17) is 10.00 Å². The van der Waals surface area contributed by atoms with Gasteiger partial charge in [0.1, 0.15) is 6.07 Å². The Balaban J connectivity index is 2.18. The highest BCUT2D eigenvalue weighted by molar-refractivity contribution is 5.67. The van der Waals surface area contributed by atoms with Crippen LogP contribution in [0.5, 0.6) is 0 Å². The first-order valence-electron chi connectivity index (χ1n) is 4.77. The van der Waals surface area contributed by atoms with Crippen molar-refractivity contribution in [2.24, 2.45) is 11.8 Å². The van der Waals surface area contributed by atoms with Gasteiger partial charge < -0.3 is 4.74 Å². The van der Waals surface area contributed by atoms with Crippen molar-refractivity contribution >= 4 is 5.97 Å². The smallest absolute Gasteiger partial charge is 0.304 e. The number of rotatable bonds is 1. The monoisotopic (exact) mass is 179 g/mol. The Bertz CT molecular complexity index is 281. The molecule has 13 heavy (non-hydrogen) atoms. The molecule has 3 nitrogen and oxygen atoms in total. The number of hydrogen-bond donors (Lipinski definition) is 0. The molecular formula is C10H13NO2. The van der Waals surface area contributed by atoms with Gasteiger partial charge in [0, 0.05) is 19.3 Å². The number of carbonyl (C=O) groups is 1. The van der Waals surface area contributed by atoms with E-state index < -0.39 is 5.60 Å². The number of carbonyl (C=O) groups excluding carboxylic acids is 1. The van der Waals surface area contributed by atoms with Gasteiger partial charge in [0.15, 0.2) is 5.60 Å². The summed E-state index contributed by atoms with van der Waals surface area (Å²) in [5.74, 6) is 0.587. The van der Waals surface area contributed by atoms with Crippen LogP contribution in [0, 0.1) is 23.2 Å². The third kappa shape index (κ3) is 1.21. The van der Waals surface area contributed by atoms with Gasteiger partial charge in [0.25, 0.3) is 0 Å². The lowest BCUT2D eigenvalue weighted by molar-refractivity contribution is -0.155. The van der Waals surface area contributed by atoms with Crippen molar-refractivity contribution in [1.82, 2.24) is 0 Å². The van der Waals surface area contributed by atoms with Crippen LogP contribution < -0.4 is 0 Å². The van der Waals surface area contributed by atoms with Gasteiger partial charge in [-0.25, -0.2) is 0 Å². The molecule has 0 N–H and O–H groups in total. The molecule has 0 aliphatic heterocycles. The molecule has 2 aliphatic rings. The quantitative estimate of drug-likeness (QED) is 0.575. The number of ether oxygens (including phenoxy) is 1. The molecule has 2 unspecified atom stereocenters. The summed E-state index contributed by atoms with van der Waals surface area (Å²) in [5, 5.41) is 9.06. The van der Waals surface area contributed by atoms with Gasteiger partial charge in [0.2, 0.25) is 0 Å². The van der Waals surface area contributed by atoms with Crippen molar-refractivity contribution < 1.29 is 9.53 Å². The fourth-order valence-corrected chi connectivity index (χ4v) is 2.82.